The third kappa shape index (κ3) is 4.69. The van der Waals surface area contributed by atoms with Crippen LogP contribution in [0.1, 0.15) is 0 Å². The maximum atomic E-state index is 15.0. The van der Waals surface area contributed by atoms with E-state index in [4.69, 9.17) is 0 Å². The SMILES string of the molecule is C=CCP(CC=C)c1ccccc1P(c1c(F)c(F)c(F)c(F)c1F)c1c(F)c(F)c(F)c(F)c1F. The topological polar surface area (TPSA) is 0 Å². The van der Waals surface area contributed by atoms with Crippen LogP contribution in [0, 0.1) is 58.2 Å². The molecule has 3 aromatic carbocycles. The van der Waals surface area contributed by atoms with Crippen molar-refractivity contribution in [2.24, 2.45) is 0 Å². The summed E-state index contributed by atoms with van der Waals surface area (Å²) in [7, 11) is -4.94. The van der Waals surface area contributed by atoms with Gasteiger partial charge in [-0.2, -0.15) is 0 Å². The van der Waals surface area contributed by atoms with Gasteiger partial charge >= 0.3 is 0 Å². The van der Waals surface area contributed by atoms with Crippen LogP contribution in [0.5, 0.6) is 0 Å². The van der Waals surface area contributed by atoms with Gasteiger partial charge in [-0.3, -0.25) is 0 Å². The maximum Gasteiger partial charge on any atom is 0.200 e. The first-order valence-electron chi connectivity index (χ1n) is 9.88. The molecular formula is C24H14F10P2. The molecule has 0 amide bonds. The fourth-order valence-corrected chi connectivity index (χ4v) is 8.44. The minimum absolute atomic E-state index is 0.172. The van der Waals surface area contributed by atoms with Crippen molar-refractivity contribution >= 4 is 37.1 Å². The minimum atomic E-state index is -3.54. The standard InChI is InChI=1S/C24H14F10P2/c1-3-9-35(10-4-2)11-7-5-6-8-12(11)36(23-19(31)15(27)13(25)16(28)20(23)32)24-21(33)17(29)14(26)18(30)22(24)34/h3-8H,1-2,9-10H2. The smallest absolute Gasteiger partial charge is 0.200 e. The lowest BCUT2D eigenvalue weighted by atomic mass is 10.3. The quantitative estimate of drug-likeness (QED) is 0.101. The van der Waals surface area contributed by atoms with Gasteiger partial charge in [0.1, 0.15) is 0 Å². The Kier molecular flexibility index (Phi) is 8.63. The van der Waals surface area contributed by atoms with Crippen molar-refractivity contribution in [1.82, 2.24) is 0 Å². The molecule has 0 aromatic heterocycles. The lowest BCUT2D eigenvalue weighted by Gasteiger charge is -2.27. The first kappa shape index (κ1) is 27.9. The Bertz CT molecular complexity index is 1220. The summed E-state index contributed by atoms with van der Waals surface area (Å²) in [5, 5.41) is -3.59. The van der Waals surface area contributed by atoms with Gasteiger partial charge in [-0.1, -0.05) is 44.3 Å². The van der Waals surface area contributed by atoms with Crippen LogP contribution in [0.15, 0.2) is 49.6 Å². The zero-order valence-electron chi connectivity index (χ0n) is 18.0. The van der Waals surface area contributed by atoms with Crippen LogP contribution in [-0.4, -0.2) is 12.3 Å². The van der Waals surface area contributed by atoms with Gasteiger partial charge in [0.2, 0.25) is 11.6 Å². The van der Waals surface area contributed by atoms with E-state index in [2.05, 4.69) is 13.2 Å². The highest BCUT2D eigenvalue weighted by Gasteiger charge is 2.39. The molecule has 0 saturated carbocycles. The fraction of sp³-hybridized carbons (Fsp3) is 0.0833. The number of halogens is 10. The maximum absolute atomic E-state index is 15.0. The van der Waals surface area contributed by atoms with Crippen molar-refractivity contribution in [2.45, 2.75) is 0 Å². The van der Waals surface area contributed by atoms with Crippen LogP contribution in [0.2, 0.25) is 0 Å². The number of hydrogen-bond acceptors (Lipinski definition) is 0. The molecule has 3 rings (SSSR count). The number of hydrogen-bond donors (Lipinski definition) is 0. The highest BCUT2D eigenvalue weighted by atomic mass is 31.1. The average molecular weight is 554 g/mol. The van der Waals surface area contributed by atoms with Crippen molar-refractivity contribution in [3.8, 4) is 0 Å². The summed E-state index contributed by atoms with van der Waals surface area (Å²) in [6.45, 7) is 7.17. The summed E-state index contributed by atoms with van der Waals surface area (Å²) >= 11 is 0. The predicted molar refractivity (Wildman–Crippen MR) is 121 cm³/mol. The molecule has 0 nitrogen and oxygen atoms in total. The van der Waals surface area contributed by atoms with Crippen LogP contribution in [0.3, 0.4) is 0 Å². The number of allylic oxidation sites excluding steroid dienone is 2. The molecule has 0 aliphatic heterocycles. The first-order chi connectivity index (χ1) is 17.0. The molecule has 0 aliphatic carbocycles. The zero-order valence-corrected chi connectivity index (χ0v) is 19.8. The summed E-state index contributed by atoms with van der Waals surface area (Å²) in [5.41, 5.74) is 0. The molecule has 0 N–H and O–H groups in total. The Morgan fingerprint density at radius 1 is 0.500 bits per heavy atom. The van der Waals surface area contributed by atoms with E-state index in [-0.39, 0.29) is 22.9 Å². The van der Waals surface area contributed by atoms with Crippen molar-refractivity contribution < 1.29 is 43.9 Å². The van der Waals surface area contributed by atoms with Crippen molar-refractivity contribution in [3.63, 3.8) is 0 Å². The molecule has 0 unspecified atom stereocenters. The normalized spacial score (nSPS) is 11.4. The van der Waals surface area contributed by atoms with Crippen LogP contribution in [0.25, 0.3) is 0 Å². The van der Waals surface area contributed by atoms with Gasteiger partial charge in [0, 0.05) is 7.92 Å². The molecule has 0 spiro atoms. The highest BCUT2D eigenvalue weighted by molar-refractivity contribution is 7.82. The van der Waals surface area contributed by atoms with E-state index in [0.29, 0.717) is 0 Å². The molecular weight excluding hydrogens is 540 g/mol. The monoisotopic (exact) mass is 554 g/mol. The molecule has 0 atom stereocenters. The summed E-state index contributed by atoms with van der Waals surface area (Å²) < 4.78 is 144. The van der Waals surface area contributed by atoms with Gasteiger partial charge in [-0.15, -0.1) is 13.2 Å². The number of benzene rings is 3. The second-order valence-corrected chi connectivity index (χ2v) is 11.5. The van der Waals surface area contributed by atoms with E-state index in [9.17, 15) is 43.9 Å². The second-order valence-electron chi connectivity index (χ2n) is 7.14. The second kappa shape index (κ2) is 11.1. The Morgan fingerprint density at radius 2 is 0.806 bits per heavy atom. The average Bonchev–Trinajstić information content (AvgIpc) is 2.87. The van der Waals surface area contributed by atoms with Crippen LogP contribution in [0.4, 0.5) is 43.9 Å². The Balaban J connectivity index is 2.56. The lowest BCUT2D eigenvalue weighted by molar-refractivity contribution is 0.383. The van der Waals surface area contributed by atoms with Crippen LogP contribution in [-0.2, 0) is 0 Å². The van der Waals surface area contributed by atoms with E-state index in [1.54, 1.807) is 0 Å². The van der Waals surface area contributed by atoms with Gasteiger partial charge < -0.3 is 0 Å². The lowest BCUT2D eigenvalue weighted by Crippen LogP contribution is -2.37. The third-order valence-corrected chi connectivity index (χ3v) is 10.2. The van der Waals surface area contributed by atoms with Gasteiger partial charge in [0.25, 0.3) is 0 Å². The molecule has 36 heavy (non-hydrogen) atoms. The van der Waals surface area contributed by atoms with E-state index in [1.165, 1.54) is 30.4 Å². The molecule has 3 aromatic rings. The minimum Gasteiger partial charge on any atom is -0.203 e. The molecule has 0 bridgehead atoms. The summed E-state index contributed by atoms with van der Waals surface area (Å²) in [4.78, 5) is 0. The van der Waals surface area contributed by atoms with Crippen molar-refractivity contribution in [3.05, 3.63) is 108 Å². The van der Waals surface area contributed by atoms with E-state index in [1.807, 2.05) is 0 Å². The first-order valence-corrected chi connectivity index (χ1v) is 12.9. The molecule has 0 saturated heterocycles. The van der Waals surface area contributed by atoms with Gasteiger partial charge in [0.15, 0.2) is 46.5 Å². The van der Waals surface area contributed by atoms with E-state index < -0.39 is 84.6 Å². The molecule has 0 fully saturated rings. The molecule has 190 valence electrons. The van der Waals surface area contributed by atoms with E-state index >= 15 is 0 Å². The van der Waals surface area contributed by atoms with Crippen molar-refractivity contribution in [1.29, 1.82) is 0 Å². The summed E-state index contributed by atoms with van der Waals surface area (Å²) in [6, 6.07) is 5.13. The van der Waals surface area contributed by atoms with Gasteiger partial charge in [0.05, 0.1) is 10.6 Å². The highest BCUT2D eigenvalue weighted by Crippen LogP contribution is 2.43. The molecule has 0 aliphatic rings. The Labute approximate surface area is 201 Å². The summed E-state index contributed by atoms with van der Waals surface area (Å²) in [6.07, 6.45) is 3.39. The van der Waals surface area contributed by atoms with Crippen LogP contribution < -0.4 is 21.2 Å². The van der Waals surface area contributed by atoms with Gasteiger partial charge in [-0.25, -0.2) is 43.9 Å². The predicted octanol–water partition coefficient (Wildman–Crippen LogP) is 6.32. The van der Waals surface area contributed by atoms with Crippen molar-refractivity contribution in [2.75, 3.05) is 12.3 Å². The number of rotatable bonds is 8. The fourth-order valence-electron chi connectivity index (χ4n) is 3.44. The Hall–Kier alpha value is -2.70. The van der Waals surface area contributed by atoms with E-state index in [0.717, 1.165) is 6.07 Å². The van der Waals surface area contributed by atoms with Gasteiger partial charge in [-0.05, 0) is 22.9 Å². The molecule has 0 heterocycles. The Morgan fingerprint density at radius 3 is 1.14 bits per heavy atom. The molecule has 12 heteroatoms. The largest absolute Gasteiger partial charge is 0.203 e. The molecule has 0 radical (unpaired) electrons. The third-order valence-electron chi connectivity index (χ3n) is 4.98. The summed E-state index contributed by atoms with van der Waals surface area (Å²) in [5.74, 6) is -24.6. The van der Waals surface area contributed by atoms with Crippen LogP contribution >= 0.6 is 15.8 Å². The zero-order chi connectivity index (χ0) is 26.9.